The van der Waals surface area contributed by atoms with Gasteiger partial charge in [0, 0.05) is 25.2 Å². The predicted molar refractivity (Wildman–Crippen MR) is 58.9 cm³/mol. The van der Waals surface area contributed by atoms with Gasteiger partial charge in [-0.1, -0.05) is 0 Å². The van der Waals surface area contributed by atoms with E-state index in [9.17, 15) is 13.2 Å². The molecule has 2 heterocycles. The molecule has 2 fully saturated rings. The fourth-order valence-electron chi connectivity index (χ4n) is 2.70. The highest BCUT2D eigenvalue weighted by Crippen LogP contribution is 2.30. The summed E-state index contributed by atoms with van der Waals surface area (Å²) < 4.78 is 36.4. The van der Waals surface area contributed by atoms with Gasteiger partial charge in [-0.25, -0.2) is 0 Å². The first-order valence-electron chi connectivity index (χ1n) is 5.59. The van der Waals surface area contributed by atoms with Crippen molar-refractivity contribution < 1.29 is 13.2 Å². The van der Waals surface area contributed by atoms with Gasteiger partial charge in [0.25, 0.3) is 0 Å². The Kier molecular flexibility index (Phi) is 4.88. The number of nitrogens with zero attached hydrogens (tertiary/aromatic N) is 1. The summed E-state index contributed by atoms with van der Waals surface area (Å²) in [5.41, 5.74) is 0. The zero-order chi connectivity index (χ0) is 10.9. The minimum Gasteiger partial charge on any atom is -0.315 e. The van der Waals surface area contributed by atoms with Crippen LogP contribution in [0.15, 0.2) is 0 Å². The maximum absolute atomic E-state index is 12.1. The summed E-state index contributed by atoms with van der Waals surface area (Å²) >= 11 is 0. The fraction of sp³-hybridized carbons (Fsp3) is 1.00. The summed E-state index contributed by atoms with van der Waals surface area (Å²) in [4.78, 5) is 2.06. The molecule has 2 saturated heterocycles. The zero-order valence-electron chi connectivity index (χ0n) is 9.09. The van der Waals surface area contributed by atoms with Gasteiger partial charge in [0.2, 0.25) is 0 Å². The Morgan fingerprint density at radius 1 is 1.12 bits per heavy atom. The molecule has 0 aromatic rings. The number of fused-ring (bicyclic) bond motifs is 2. The van der Waals surface area contributed by atoms with Gasteiger partial charge >= 0.3 is 6.18 Å². The van der Waals surface area contributed by atoms with Crippen molar-refractivity contribution in [2.45, 2.75) is 43.9 Å². The van der Waals surface area contributed by atoms with E-state index < -0.39 is 12.6 Å². The number of nitrogens with one attached hydrogen (secondary N) is 1. The van der Waals surface area contributed by atoms with Crippen LogP contribution in [0.1, 0.15) is 25.7 Å². The second-order valence-electron chi connectivity index (χ2n) is 4.48. The summed E-state index contributed by atoms with van der Waals surface area (Å²) in [5.74, 6) is 0. The molecule has 2 aliphatic rings. The van der Waals surface area contributed by atoms with Crippen LogP contribution in [0.2, 0.25) is 0 Å². The van der Waals surface area contributed by atoms with Crippen LogP contribution in [-0.2, 0) is 0 Å². The molecule has 1 N–H and O–H groups in total. The third kappa shape index (κ3) is 3.50. The molecule has 0 aromatic heterocycles. The van der Waals surface area contributed by atoms with Crippen LogP contribution < -0.4 is 5.32 Å². The number of rotatable bonds is 2. The topological polar surface area (TPSA) is 15.3 Å². The second kappa shape index (κ2) is 5.56. The first-order valence-corrected chi connectivity index (χ1v) is 5.59. The summed E-state index contributed by atoms with van der Waals surface area (Å²) in [5, 5.41) is 3.28. The lowest BCUT2D eigenvalue weighted by Crippen LogP contribution is -2.39. The third-order valence-corrected chi connectivity index (χ3v) is 3.46. The molecule has 0 amide bonds. The molecule has 2 nitrogen and oxygen atoms in total. The van der Waals surface area contributed by atoms with Crippen molar-refractivity contribution in [2.75, 3.05) is 19.6 Å². The van der Waals surface area contributed by atoms with Crippen LogP contribution in [0, 0.1) is 0 Å². The van der Waals surface area contributed by atoms with Crippen molar-refractivity contribution in [3.63, 3.8) is 0 Å². The van der Waals surface area contributed by atoms with Crippen LogP contribution in [0.5, 0.6) is 0 Å². The second-order valence-corrected chi connectivity index (χ2v) is 4.48. The van der Waals surface area contributed by atoms with Gasteiger partial charge in [0.1, 0.15) is 0 Å². The summed E-state index contributed by atoms with van der Waals surface area (Å²) in [7, 11) is 0. The molecule has 0 aromatic carbocycles. The highest BCUT2D eigenvalue weighted by Gasteiger charge is 2.37. The number of hydrogen-bond donors (Lipinski definition) is 1. The average molecular weight is 259 g/mol. The molecule has 2 unspecified atom stereocenters. The normalized spacial score (nSPS) is 30.9. The van der Waals surface area contributed by atoms with E-state index in [2.05, 4.69) is 10.2 Å². The van der Waals surface area contributed by atoms with Crippen molar-refractivity contribution in [3.8, 4) is 0 Å². The Bertz CT molecular complexity index is 209. The highest BCUT2D eigenvalue weighted by atomic mass is 35.5. The summed E-state index contributed by atoms with van der Waals surface area (Å²) in [6.07, 6.45) is -1.56. The van der Waals surface area contributed by atoms with Gasteiger partial charge in [0.15, 0.2) is 0 Å². The minimum absolute atomic E-state index is 0. The Hall–Kier alpha value is -0.0000000000000000416. The molecular weight excluding hydrogens is 241 g/mol. The van der Waals surface area contributed by atoms with Crippen molar-refractivity contribution in [1.82, 2.24) is 10.2 Å². The Morgan fingerprint density at radius 3 is 2.50 bits per heavy atom. The van der Waals surface area contributed by atoms with Crippen molar-refractivity contribution in [2.24, 2.45) is 0 Å². The largest absolute Gasteiger partial charge is 0.390 e. The third-order valence-electron chi connectivity index (χ3n) is 3.46. The SMILES string of the molecule is Cl.FC(F)(F)CCN1C2CCNCC1CC2. The van der Waals surface area contributed by atoms with Crippen LogP contribution in [0.25, 0.3) is 0 Å². The molecule has 16 heavy (non-hydrogen) atoms. The van der Waals surface area contributed by atoms with Crippen molar-refractivity contribution in [1.29, 1.82) is 0 Å². The molecule has 2 rings (SSSR count). The molecule has 0 radical (unpaired) electrons. The van der Waals surface area contributed by atoms with Crippen LogP contribution >= 0.6 is 12.4 Å². The molecular formula is C10H18ClF3N2. The predicted octanol–water partition coefficient (Wildman–Crippen LogP) is 2.19. The van der Waals surface area contributed by atoms with Gasteiger partial charge in [-0.2, -0.15) is 13.2 Å². The van der Waals surface area contributed by atoms with Gasteiger partial charge in [-0.15, -0.1) is 12.4 Å². The van der Waals surface area contributed by atoms with E-state index in [4.69, 9.17) is 0 Å². The van der Waals surface area contributed by atoms with Gasteiger partial charge in [-0.05, 0) is 25.8 Å². The van der Waals surface area contributed by atoms with E-state index >= 15 is 0 Å². The van der Waals surface area contributed by atoms with Crippen LogP contribution in [0.4, 0.5) is 13.2 Å². The fourth-order valence-corrected chi connectivity index (χ4v) is 2.70. The molecule has 2 atom stereocenters. The van der Waals surface area contributed by atoms with Crippen LogP contribution in [-0.4, -0.2) is 42.8 Å². The van der Waals surface area contributed by atoms with E-state index in [-0.39, 0.29) is 19.0 Å². The molecule has 0 aliphatic carbocycles. The Labute approximate surface area is 100.0 Å². The van der Waals surface area contributed by atoms with Crippen molar-refractivity contribution in [3.05, 3.63) is 0 Å². The molecule has 0 saturated carbocycles. The quantitative estimate of drug-likeness (QED) is 0.817. The maximum Gasteiger partial charge on any atom is 0.390 e. The molecule has 0 spiro atoms. The standard InChI is InChI=1S/C10H17F3N2.ClH/c11-10(12,13)4-6-15-8-1-2-9(15)7-14-5-3-8;/h8-9,14H,1-7H2;1H. The zero-order valence-corrected chi connectivity index (χ0v) is 9.91. The lowest BCUT2D eigenvalue weighted by atomic mass is 10.1. The van der Waals surface area contributed by atoms with Gasteiger partial charge in [-0.3, -0.25) is 4.90 Å². The smallest absolute Gasteiger partial charge is 0.315 e. The molecule has 96 valence electrons. The lowest BCUT2D eigenvalue weighted by Gasteiger charge is -2.27. The molecule has 6 heteroatoms. The van der Waals surface area contributed by atoms with E-state index in [0.29, 0.717) is 12.1 Å². The number of alkyl halides is 3. The first kappa shape index (κ1) is 14.1. The van der Waals surface area contributed by atoms with E-state index in [1.54, 1.807) is 0 Å². The van der Waals surface area contributed by atoms with Gasteiger partial charge in [0.05, 0.1) is 6.42 Å². The highest BCUT2D eigenvalue weighted by molar-refractivity contribution is 5.85. The summed E-state index contributed by atoms with van der Waals surface area (Å²) in [6, 6.07) is 0.715. The number of halogens is 4. The van der Waals surface area contributed by atoms with Gasteiger partial charge < -0.3 is 5.32 Å². The van der Waals surface area contributed by atoms with E-state index in [0.717, 1.165) is 32.4 Å². The first-order chi connectivity index (χ1) is 7.06. The molecule has 2 bridgehead atoms. The Balaban J connectivity index is 0.00000128. The monoisotopic (exact) mass is 258 g/mol. The van der Waals surface area contributed by atoms with E-state index in [1.807, 2.05) is 0 Å². The minimum atomic E-state index is -4.01. The van der Waals surface area contributed by atoms with E-state index in [1.165, 1.54) is 0 Å². The average Bonchev–Trinajstić information content (AvgIpc) is 2.34. The summed E-state index contributed by atoms with van der Waals surface area (Å²) in [6.45, 7) is 1.98. The lowest BCUT2D eigenvalue weighted by molar-refractivity contribution is -0.139. The molecule has 2 aliphatic heterocycles. The number of hydrogen-bond acceptors (Lipinski definition) is 2. The maximum atomic E-state index is 12.1. The van der Waals surface area contributed by atoms with Crippen LogP contribution in [0.3, 0.4) is 0 Å². The Morgan fingerprint density at radius 2 is 1.81 bits per heavy atom. The van der Waals surface area contributed by atoms with Crippen molar-refractivity contribution >= 4 is 12.4 Å².